The van der Waals surface area contributed by atoms with Crippen molar-refractivity contribution in [3.8, 4) is 0 Å². The maximum atomic E-state index is 6.49. The van der Waals surface area contributed by atoms with E-state index >= 15 is 0 Å². The van der Waals surface area contributed by atoms with Crippen LogP contribution in [0.25, 0.3) is 0 Å². The van der Waals surface area contributed by atoms with Crippen molar-refractivity contribution in [3.63, 3.8) is 0 Å². The van der Waals surface area contributed by atoms with Gasteiger partial charge >= 0.3 is 0 Å². The van der Waals surface area contributed by atoms with E-state index in [-0.39, 0.29) is 0 Å². The van der Waals surface area contributed by atoms with Gasteiger partial charge in [0.25, 0.3) is 0 Å². The van der Waals surface area contributed by atoms with Crippen molar-refractivity contribution in [1.29, 1.82) is 0 Å². The van der Waals surface area contributed by atoms with E-state index in [0.717, 1.165) is 6.42 Å². The van der Waals surface area contributed by atoms with Crippen molar-refractivity contribution in [2.24, 2.45) is 17.1 Å². The number of hydrogen-bond acceptors (Lipinski definition) is 1. The molecule has 1 aliphatic rings. The summed E-state index contributed by atoms with van der Waals surface area (Å²) in [5, 5.41) is 0. The van der Waals surface area contributed by atoms with Crippen LogP contribution in [0.2, 0.25) is 0 Å². The van der Waals surface area contributed by atoms with Crippen LogP contribution in [0, 0.1) is 14.9 Å². The molecule has 0 spiro atoms. The molecule has 2 atom stereocenters. The minimum atomic E-state index is 0.306. The molecule has 100 valence electrons. The summed E-state index contributed by atoms with van der Waals surface area (Å²) in [5.41, 5.74) is 8.29. The van der Waals surface area contributed by atoms with Crippen LogP contribution in [0.3, 0.4) is 0 Å². The van der Waals surface area contributed by atoms with Gasteiger partial charge in [0.15, 0.2) is 0 Å². The van der Waals surface area contributed by atoms with E-state index in [1.54, 1.807) is 0 Å². The second-order valence-electron chi connectivity index (χ2n) is 6.34. The first-order valence-electron chi connectivity index (χ1n) is 6.99. The van der Waals surface area contributed by atoms with Gasteiger partial charge in [-0.25, -0.2) is 0 Å². The van der Waals surface area contributed by atoms with Crippen LogP contribution in [0.4, 0.5) is 0 Å². The second kappa shape index (κ2) is 5.91. The van der Waals surface area contributed by atoms with E-state index < -0.39 is 0 Å². The van der Waals surface area contributed by atoms with Gasteiger partial charge in [-0.05, 0) is 70.9 Å². The summed E-state index contributed by atoms with van der Waals surface area (Å²) in [6, 6.07) is 9.10. The minimum absolute atomic E-state index is 0.306. The Morgan fingerprint density at radius 1 is 1.28 bits per heavy atom. The van der Waals surface area contributed by atoms with Crippen molar-refractivity contribution in [2.75, 3.05) is 0 Å². The third kappa shape index (κ3) is 3.47. The maximum absolute atomic E-state index is 6.49. The number of nitrogens with two attached hydrogens (primary N) is 1. The average molecular weight is 357 g/mol. The van der Waals surface area contributed by atoms with Gasteiger partial charge in [-0.1, -0.05) is 38.8 Å². The largest absolute Gasteiger partial charge is 0.327 e. The quantitative estimate of drug-likeness (QED) is 0.799. The molecule has 1 saturated carbocycles. The molecule has 2 heteroatoms. The zero-order chi connectivity index (χ0) is 13.2. The Kier molecular flexibility index (Phi) is 4.70. The molecule has 1 aromatic carbocycles. The first kappa shape index (κ1) is 14.3. The number of rotatable bonds is 3. The standard InChI is InChI=1S/C16H24IN/c1-16(2)10-4-3-5-14(16)15(18)11-12-6-8-13(17)9-7-12/h6-9,14-15H,3-5,10-11,18H2,1-2H3. The molecule has 1 aromatic rings. The molecule has 1 nitrogen and oxygen atoms in total. The lowest BCUT2D eigenvalue weighted by Gasteiger charge is -2.42. The van der Waals surface area contributed by atoms with Crippen LogP contribution in [0.5, 0.6) is 0 Å². The van der Waals surface area contributed by atoms with E-state index in [4.69, 9.17) is 5.73 Å². The highest BCUT2D eigenvalue weighted by molar-refractivity contribution is 14.1. The topological polar surface area (TPSA) is 26.0 Å². The highest BCUT2D eigenvalue weighted by Crippen LogP contribution is 2.42. The van der Waals surface area contributed by atoms with Gasteiger partial charge in [-0.15, -0.1) is 0 Å². The van der Waals surface area contributed by atoms with E-state index in [0.29, 0.717) is 17.4 Å². The lowest BCUT2D eigenvalue weighted by Crippen LogP contribution is -2.42. The molecule has 0 heterocycles. The summed E-state index contributed by atoms with van der Waals surface area (Å²) >= 11 is 2.35. The van der Waals surface area contributed by atoms with Crippen LogP contribution >= 0.6 is 22.6 Å². The van der Waals surface area contributed by atoms with Crippen LogP contribution in [-0.4, -0.2) is 6.04 Å². The lowest BCUT2D eigenvalue weighted by atomic mass is 9.65. The molecular formula is C16H24IN. The molecule has 0 radical (unpaired) electrons. The smallest absolute Gasteiger partial charge is 0.0130 e. The number of benzene rings is 1. The SMILES string of the molecule is CC1(C)CCCCC1C(N)Cc1ccc(I)cc1. The van der Waals surface area contributed by atoms with Gasteiger partial charge in [0.2, 0.25) is 0 Å². The third-order valence-electron chi connectivity index (χ3n) is 4.49. The first-order valence-corrected chi connectivity index (χ1v) is 8.07. The molecule has 1 aliphatic carbocycles. The molecule has 18 heavy (non-hydrogen) atoms. The first-order chi connectivity index (χ1) is 8.49. The maximum Gasteiger partial charge on any atom is 0.0130 e. The Morgan fingerprint density at radius 3 is 2.56 bits per heavy atom. The Hall–Kier alpha value is -0.0900. The van der Waals surface area contributed by atoms with Crippen LogP contribution in [0.15, 0.2) is 24.3 Å². The van der Waals surface area contributed by atoms with Gasteiger partial charge in [0.1, 0.15) is 0 Å². The van der Waals surface area contributed by atoms with Crippen molar-refractivity contribution >= 4 is 22.6 Å². The van der Waals surface area contributed by atoms with Crippen molar-refractivity contribution in [1.82, 2.24) is 0 Å². The highest BCUT2D eigenvalue weighted by atomic mass is 127. The van der Waals surface area contributed by atoms with Gasteiger partial charge in [0, 0.05) is 9.61 Å². The summed E-state index contributed by atoms with van der Waals surface area (Å²) in [4.78, 5) is 0. The fourth-order valence-corrected chi connectivity index (χ4v) is 3.71. The molecule has 1 fully saturated rings. The molecule has 0 aromatic heterocycles. The van der Waals surface area contributed by atoms with Gasteiger partial charge in [0.05, 0.1) is 0 Å². The Balaban J connectivity index is 2.02. The van der Waals surface area contributed by atoms with Gasteiger partial charge in [-0.3, -0.25) is 0 Å². The summed E-state index contributed by atoms with van der Waals surface area (Å²) in [6.07, 6.45) is 6.38. The monoisotopic (exact) mass is 357 g/mol. The molecule has 2 unspecified atom stereocenters. The fraction of sp³-hybridized carbons (Fsp3) is 0.625. The summed E-state index contributed by atoms with van der Waals surface area (Å²) in [6.45, 7) is 4.79. The van der Waals surface area contributed by atoms with Gasteiger partial charge in [-0.2, -0.15) is 0 Å². The minimum Gasteiger partial charge on any atom is -0.327 e. The van der Waals surface area contributed by atoms with Crippen molar-refractivity contribution in [2.45, 2.75) is 52.0 Å². The summed E-state index contributed by atoms with van der Waals surface area (Å²) < 4.78 is 1.29. The van der Waals surface area contributed by atoms with E-state index in [2.05, 4.69) is 60.7 Å². The fourth-order valence-electron chi connectivity index (χ4n) is 3.35. The molecule has 0 amide bonds. The summed E-state index contributed by atoms with van der Waals surface area (Å²) in [7, 11) is 0. The highest BCUT2D eigenvalue weighted by Gasteiger charge is 2.35. The Labute approximate surface area is 125 Å². The lowest BCUT2D eigenvalue weighted by molar-refractivity contribution is 0.112. The van der Waals surface area contributed by atoms with Crippen LogP contribution in [0.1, 0.15) is 45.1 Å². The van der Waals surface area contributed by atoms with Gasteiger partial charge < -0.3 is 5.73 Å². The Morgan fingerprint density at radius 2 is 1.94 bits per heavy atom. The van der Waals surface area contributed by atoms with Crippen molar-refractivity contribution < 1.29 is 0 Å². The van der Waals surface area contributed by atoms with E-state index in [1.807, 2.05) is 0 Å². The third-order valence-corrected chi connectivity index (χ3v) is 5.21. The molecule has 0 bridgehead atoms. The number of hydrogen-bond donors (Lipinski definition) is 1. The van der Waals surface area contributed by atoms with Crippen molar-refractivity contribution in [3.05, 3.63) is 33.4 Å². The van der Waals surface area contributed by atoms with E-state index in [9.17, 15) is 0 Å². The second-order valence-corrected chi connectivity index (χ2v) is 7.58. The Bertz CT molecular complexity index is 383. The van der Waals surface area contributed by atoms with Crippen LogP contribution < -0.4 is 5.73 Å². The predicted octanol–water partition coefficient (Wildman–Crippen LogP) is 4.38. The zero-order valence-corrected chi connectivity index (χ0v) is 13.6. The molecular weight excluding hydrogens is 333 g/mol. The molecule has 0 aliphatic heterocycles. The predicted molar refractivity (Wildman–Crippen MR) is 86.6 cm³/mol. The molecule has 2 rings (SSSR count). The molecule has 2 N–H and O–H groups in total. The van der Waals surface area contributed by atoms with E-state index in [1.165, 1.54) is 34.8 Å². The normalized spacial score (nSPS) is 24.8. The molecule has 0 saturated heterocycles. The average Bonchev–Trinajstić information content (AvgIpc) is 2.31. The zero-order valence-electron chi connectivity index (χ0n) is 11.5. The summed E-state index contributed by atoms with van der Waals surface area (Å²) in [5.74, 6) is 0.672. The number of halogens is 1. The van der Waals surface area contributed by atoms with Crippen LogP contribution in [-0.2, 0) is 6.42 Å².